The van der Waals surface area contributed by atoms with Gasteiger partial charge in [0.25, 0.3) is 0 Å². The molecule has 174 valence electrons. The first-order valence-electron chi connectivity index (χ1n) is 10.4. The monoisotopic (exact) mass is 477 g/mol. The summed E-state index contributed by atoms with van der Waals surface area (Å²) < 4.78 is 0. The van der Waals surface area contributed by atoms with Gasteiger partial charge in [-0.2, -0.15) is 5.10 Å². The summed E-state index contributed by atoms with van der Waals surface area (Å²) >= 11 is 6.01. The van der Waals surface area contributed by atoms with Crippen molar-refractivity contribution in [3.63, 3.8) is 0 Å². The van der Waals surface area contributed by atoms with Crippen LogP contribution in [0.1, 0.15) is 18.9 Å². The Balaban J connectivity index is 1.47. The van der Waals surface area contributed by atoms with Gasteiger partial charge in [-0.25, -0.2) is 5.43 Å². The third kappa shape index (κ3) is 7.18. The van der Waals surface area contributed by atoms with E-state index < -0.39 is 11.8 Å². The fraction of sp³-hybridized carbons (Fsp3) is 0.120. The van der Waals surface area contributed by atoms with Gasteiger partial charge in [0.2, 0.25) is 5.91 Å². The van der Waals surface area contributed by atoms with Crippen molar-refractivity contribution in [3.05, 3.63) is 83.4 Å². The maximum atomic E-state index is 12.3. The predicted octanol–water partition coefficient (Wildman–Crippen LogP) is 4.85. The van der Waals surface area contributed by atoms with Crippen LogP contribution in [-0.2, 0) is 14.4 Å². The molecule has 9 heteroatoms. The van der Waals surface area contributed by atoms with Gasteiger partial charge in [-0.3, -0.25) is 14.4 Å². The van der Waals surface area contributed by atoms with Crippen molar-refractivity contribution in [2.24, 2.45) is 5.10 Å². The van der Waals surface area contributed by atoms with E-state index in [1.54, 1.807) is 44.2 Å². The van der Waals surface area contributed by atoms with E-state index in [-0.39, 0.29) is 12.3 Å². The molecule has 34 heavy (non-hydrogen) atoms. The quantitative estimate of drug-likeness (QED) is 0.221. The van der Waals surface area contributed by atoms with E-state index in [1.807, 2.05) is 42.5 Å². The number of carbonyl (C=O) groups excluding carboxylic acids is 3. The minimum Gasteiger partial charge on any atom is -0.356 e. The van der Waals surface area contributed by atoms with E-state index in [0.717, 1.165) is 11.4 Å². The zero-order valence-corrected chi connectivity index (χ0v) is 19.4. The van der Waals surface area contributed by atoms with Crippen molar-refractivity contribution in [2.45, 2.75) is 20.3 Å². The zero-order chi connectivity index (χ0) is 24.5. The number of halogens is 1. The topological polar surface area (TPSA) is 112 Å². The van der Waals surface area contributed by atoms with Crippen molar-refractivity contribution in [2.75, 3.05) is 16.0 Å². The second-order valence-electron chi connectivity index (χ2n) is 7.45. The third-order valence-electron chi connectivity index (χ3n) is 4.72. The molecular formula is C25H24ClN5O3. The van der Waals surface area contributed by atoms with Crippen molar-refractivity contribution in [3.8, 4) is 0 Å². The molecule has 0 aliphatic heterocycles. The Morgan fingerprint density at radius 2 is 1.44 bits per heavy atom. The molecule has 3 aromatic rings. The number of para-hydroxylation sites is 1. The minimum absolute atomic E-state index is 0.0562. The molecule has 0 radical (unpaired) electrons. The van der Waals surface area contributed by atoms with Crippen LogP contribution in [0.4, 0.5) is 22.7 Å². The highest BCUT2D eigenvalue weighted by atomic mass is 35.5. The number of benzene rings is 3. The number of rotatable bonds is 7. The van der Waals surface area contributed by atoms with Crippen LogP contribution in [0, 0.1) is 6.92 Å². The number of amides is 3. The lowest BCUT2D eigenvalue weighted by molar-refractivity contribution is -0.136. The summed E-state index contributed by atoms with van der Waals surface area (Å²) in [5, 5.41) is 12.8. The van der Waals surface area contributed by atoms with E-state index >= 15 is 0 Å². The smallest absolute Gasteiger partial charge is 0.329 e. The zero-order valence-electron chi connectivity index (χ0n) is 18.7. The summed E-state index contributed by atoms with van der Waals surface area (Å²) in [7, 11) is 0. The number of hydrogen-bond donors (Lipinski definition) is 4. The lowest BCUT2D eigenvalue weighted by Gasteiger charge is -2.09. The lowest BCUT2D eigenvalue weighted by atomic mass is 10.2. The molecule has 3 amide bonds. The average Bonchev–Trinajstić information content (AvgIpc) is 2.82. The van der Waals surface area contributed by atoms with Gasteiger partial charge in [0.05, 0.1) is 6.42 Å². The lowest BCUT2D eigenvalue weighted by Crippen LogP contribution is -2.33. The van der Waals surface area contributed by atoms with Gasteiger partial charge in [-0.1, -0.05) is 35.9 Å². The number of nitrogens with zero attached hydrogens (tertiary/aromatic N) is 1. The molecule has 3 rings (SSSR count). The van der Waals surface area contributed by atoms with E-state index in [9.17, 15) is 14.4 Å². The van der Waals surface area contributed by atoms with Crippen molar-refractivity contribution < 1.29 is 14.4 Å². The Kier molecular flexibility index (Phi) is 8.37. The molecule has 8 nitrogen and oxygen atoms in total. The first-order chi connectivity index (χ1) is 16.3. The molecule has 0 bridgehead atoms. The molecule has 0 aliphatic rings. The second kappa shape index (κ2) is 11.6. The van der Waals surface area contributed by atoms with E-state index in [1.165, 1.54) is 0 Å². The summed E-state index contributed by atoms with van der Waals surface area (Å²) in [6.45, 7) is 3.30. The number of anilines is 4. The van der Waals surface area contributed by atoms with E-state index in [4.69, 9.17) is 11.6 Å². The molecule has 0 atom stereocenters. The Labute approximate surface area is 202 Å². The summed E-state index contributed by atoms with van der Waals surface area (Å²) in [6, 6.07) is 22.0. The molecule has 0 heterocycles. The summed E-state index contributed by atoms with van der Waals surface area (Å²) in [4.78, 5) is 36.4. The van der Waals surface area contributed by atoms with Gasteiger partial charge in [-0.15, -0.1) is 0 Å². The van der Waals surface area contributed by atoms with Gasteiger partial charge in [0, 0.05) is 33.5 Å². The predicted molar refractivity (Wildman–Crippen MR) is 135 cm³/mol. The van der Waals surface area contributed by atoms with Crippen molar-refractivity contribution >= 4 is 57.8 Å². The SMILES string of the molecule is C/C(CC(=O)Nc1ccc(Nc2ccccc2)cc1)=N/NC(=O)C(=O)Nc1cccc(Cl)c1C. The van der Waals surface area contributed by atoms with Crippen LogP contribution in [0.15, 0.2) is 77.9 Å². The number of carbonyl (C=O) groups is 3. The molecule has 3 aromatic carbocycles. The molecule has 0 saturated heterocycles. The first kappa shape index (κ1) is 24.5. The highest BCUT2D eigenvalue weighted by molar-refractivity contribution is 6.40. The minimum atomic E-state index is -0.958. The van der Waals surface area contributed by atoms with Gasteiger partial charge in [0.15, 0.2) is 0 Å². The Morgan fingerprint density at radius 1 is 0.794 bits per heavy atom. The fourth-order valence-electron chi connectivity index (χ4n) is 2.92. The average molecular weight is 478 g/mol. The van der Waals surface area contributed by atoms with Crippen LogP contribution >= 0.6 is 11.6 Å². The molecule has 0 fully saturated rings. The van der Waals surface area contributed by atoms with E-state index in [2.05, 4.69) is 26.5 Å². The van der Waals surface area contributed by atoms with Crippen LogP contribution in [0.5, 0.6) is 0 Å². The van der Waals surface area contributed by atoms with Gasteiger partial charge >= 0.3 is 11.8 Å². The summed E-state index contributed by atoms with van der Waals surface area (Å²) in [6.07, 6.45) is -0.0562. The first-order valence-corrected chi connectivity index (χ1v) is 10.8. The van der Waals surface area contributed by atoms with Crippen molar-refractivity contribution in [1.82, 2.24) is 5.43 Å². The largest absolute Gasteiger partial charge is 0.356 e. The van der Waals surface area contributed by atoms with Gasteiger partial charge in [0.1, 0.15) is 0 Å². The van der Waals surface area contributed by atoms with Crippen LogP contribution in [-0.4, -0.2) is 23.4 Å². The van der Waals surface area contributed by atoms with Crippen LogP contribution < -0.4 is 21.4 Å². The molecule has 0 aliphatic carbocycles. The van der Waals surface area contributed by atoms with E-state index in [0.29, 0.717) is 27.7 Å². The maximum absolute atomic E-state index is 12.3. The van der Waals surface area contributed by atoms with Crippen molar-refractivity contribution in [1.29, 1.82) is 0 Å². The van der Waals surface area contributed by atoms with Gasteiger partial charge < -0.3 is 16.0 Å². The molecular weight excluding hydrogens is 454 g/mol. The van der Waals surface area contributed by atoms with Crippen LogP contribution in [0.25, 0.3) is 0 Å². The molecule has 0 spiro atoms. The number of hydrazone groups is 1. The number of hydrogen-bond acceptors (Lipinski definition) is 5. The standard InChI is InChI=1S/C25H24ClN5O3/c1-16(30-31-25(34)24(33)29-22-10-6-9-21(26)17(22)2)15-23(32)28-20-13-11-19(12-14-20)27-18-7-4-3-5-8-18/h3-14,27H,15H2,1-2H3,(H,28,32)(H,29,33)(H,31,34)/b30-16-. The van der Waals surface area contributed by atoms with Gasteiger partial charge in [-0.05, 0) is 67.9 Å². The third-order valence-corrected chi connectivity index (χ3v) is 5.13. The fourth-order valence-corrected chi connectivity index (χ4v) is 3.10. The Bertz CT molecular complexity index is 1210. The molecule has 4 N–H and O–H groups in total. The molecule has 0 aromatic heterocycles. The normalized spacial score (nSPS) is 10.9. The maximum Gasteiger partial charge on any atom is 0.329 e. The highest BCUT2D eigenvalue weighted by Crippen LogP contribution is 2.23. The summed E-state index contributed by atoms with van der Waals surface area (Å²) in [5.41, 5.74) is 6.03. The Hall–Kier alpha value is -4.17. The molecule has 0 unspecified atom stereocenters. The second-order valence-corrected chi connectivity index (χ2v) is 7.86. The van der Waals surface area contributed by atoms with Crippen LogP contribution in [0.2, 0.25) is 5.02 Å². The Morgan fingerprint density at radius 3 is 2.15 bits per heavy atom. The number of nitrogens with one attached hydrogen (secondary N) is 4. The summed E-state index contributed by atoms with van der Waals surface area (Å²) in [5.74, 6) is -2.16. The highest BCUT2D eigenvalue weighted by Gasteiger charge is 2.15. The van der Waals surface area contributed by atoms with Crippen LogP contribution in [0.3, 0.4) is 0 Å². The molecule has 0 saturated carbocycles.